The van der Waals surface area contributed by atoms with Crippen molar-refractivity contribution in [1.29, 1.82) is 0 Å². The Morgan fingerprint density at radius 2 is 1.80 bits per heavy atom. The third kappa shape index (κ3) is 1.29. The van der Waals surface area contributed by atoms with E-state index in [4.69, 9.17) is 4.42 Å². The number of fused-ring (bicyclic) bond motifs is 3. The van der Waals surface area contributed by atoms with Gasteiger partial charge in [0.05, 0.1) is 0 Å². The van der Waals surface area contributed by atoms with Crippen LogP contribution in [-0.2, 0) is 0 Å². The van der Waals surface area contributed by atoms with Crippen LogP contribution in [0.15, 0.2) is 45.3 Å². The summed E-state index contributed by atoms with van der Waals surface area (Å²) in [5.74, 6) is 0. The molecular weight excluding hydrogens is 252 g/mol. The molecule has 0 fully saturated rings. The van der Waals surface area contributed by atoms with Crippen molar-refractivity contribution in [2.24, 2.45) is 0 Å². The van der Waals surface area contributed by atoms with Gasteiger partial charge in [0.1, 0.15) is 11.2 Å². The molecule has 0 aliphatic carbocycles. The molecule has 0 saturated heterocycles. The monoisotopic (exact) mass is 260 g/mol. The summed E-state index contributed by atoms with van der Waals surface area (Å²) in [5, 5.41) is 2.34. The zero-order valence-corrected chi connectivity index (χ0v) is 9.84. The Kier molecular flexibility index (Phi) is 1.86. The van der Waals surface area contributed by atoms with Gasteiger partial charge in [0, 0.05) is 15.2 Å². The number of hydrogen-bond donors (Lipinski definition) is 0. The molecule has 0 unspecified atom stereocenters. The van der Waals surface area contributed by atoms with E-state index in [2.05, 4.69) is 41.1 Å². The molecule has 0 aliphatic rings. The van der Waals surface area contributed by atoms with Gasteiger partial charge >= 0.3 is 0 Å². The lowest BCUT2D eigenvalue weighted by Gasteiger charge is -1.96. The molecule has 2 heteroatoms. The zero-order chi connectivity index (χ0) is 10.4. The lowest BCUT2D eigenvalue weighted by atomic mass is 10.1. The van der Waals surface area contributed by atoms with Gasteiger partial charge in [-0.1, -0.05) is 34.1 Å². The Labute approximate surface area is 95.8 Å². The standard InChI is InChI=1S/C13H9BrO/c1-8-6-13-10(7-11(8)14)9-4-2-3-5-12(9)15-13/h2-7H,1H3. The van der Waals surface area contributed by atoms with E-state index in [1.54, 1.807) is 0 Å². The van der Waals surface area contributed by atoms with E-state index >= 15 is 0 Å². The van der Waals surface area contributed by atoms with Crippen LogP contribution in [0.2, 0.25) is 0 Å². The van der Waals surface area contributed by atoms with Crippen LogP contribution in [0.4, 0.5) is 0 Å². The number of halogens is 1. The largest absolute Gasteiger partial charge is 0.456 e. The Hall–Kier alpha value is -1.28. The summed E-state index contributed by atoms with van der Waals surface area (Å²) in [7, 11) is 0. The number of rotatable bonds is 0. The number of benzene rings is 2. The molecule has 1 aromatic heterocycles. The van der Waals surface area contributed by atoms with Crippen LogP contribution in [0.5, 0.6) is 0 Å². The Morgan fingerprint density at radius 3 is 2.67 bits per heavy atom. The fraction of sp³-hybridized carbons (Fsp3) is 0.0769. The summed E-state index contributed by atoms with van der Waals surface area (Å²) < 4.78 is 6.89. The molecule has 15 heavy (non-hydrogen) atoms. The maximum atomic E-state index is 5.77. The Balaban J connectivity index is 2.56. The highest BCUT2D eigenvalue weighted by molar-refractivity contribution is 9.10. The van der Waals surface area contributed by atoms with E-state index in [-0.39, 0.29) is 0 Å². The molecule has 0 amide bonds. The van der Waals surface area contributed by atoms with Crippen molar-refractivity contribution in [2.45, 2.75) is 6.92 Å². The Bertz CT molecular complexity index is 652. The summed E-state index contributed by atoms with van der Waals surface area (Å²) in [5.41, 5.74) is 3.10. The quantitative estimate of drug-likeness (QED) is 0.573. The van der Waals surface area contributed by atoms with Crippen molar-refractivity contribution in [3.05, 3.63) is 46.4 Å². The van der Waals surface area contributed by atoms with Crippen molar-refractivity contribution < 1.29 is 4.42 Å². The summed E-state index contributed by atoms with van der Waals surface area (Å²) in [6.45, 7) is 2.07. The molecule has 0 saturated carbocycles. The molecule has 0 N–H and O–H groups in total. The van der Waals surface area contributed by atoms with Crippen LogP contribution < -0.4 is 0 Å². The third-order valence-corrected chi connectivity index (χ3v) is 3.51. The minimum atomic E-state index is 0.949. The van der Waals surface area contributed by atoms with Gasteiger partial charge in [0.25, 0.3) is 0 Å². The highest BCUT2D eigenvalue weighted by atomic mass is 79.9. The predicted molar refractivity (Wildman–Crippen MR) is 66.2 cm³/mol. The number of hydrogen-bond acceptors (Lipinski definition) is 1. The average molecular weight is 261 g/mol. The Morgan fingerprint density at radius 1 is 1.00 bits per heavy atom. The highest BCUT2D eigenvalue weighted by Gasteiger charge is 2.07. The van der Waals surface area contributed by atoms with Gasteiger partial charge in [-0.25, -0.2) is 0 Å². The van der Waals surface area contributed by atoms with E-state index in [0.717, 1.165) is 15.6 Å². The molecule has 0 bridgehead atoms. The summed E-state index contributed by atoms with van der Waals surface area (Å²) in [6, 6.07) is 12.3. The van der Waals surface area contributed by atoms with Crippen LogP contribution in [0.1, 0.15) is 5.56 Å². The van der Waals surface area contributed by atoms with Crippen molar-refractivity contribution in [2.75, 3.05) is 0 Å². The SMILES string of the molecule is Cc1cc2oc3ccccc3c2cc1Br. The third-order valence-electron chi connectivity index (χ3n) is 2.66. The van der Waals surface area contributed by atoms with Crippen molar-refractivity contribution >= 4 is 37.9 Å². The number of para-hydroxylation sites is 1. The van der Waals surface area contributed by atoms with Gasteiger partial charge in [-0.2, -0.15) is 0 Å². The van der Waals surface area contributed by atoms with Gasteiger partial charge in [-0.15, -0.1) is 0 Å². The van der Waals surface area contributed by atoms with Gasteiger partial charge in [0.15, 0.2) is 0 Å². The maximum absolute atomic E-state index is 5.77. The molecule has 0 atom stereocenters. The second-order valence-corrected chi connectivity index (χ2v) is 4.55. The second kappa shape index (κ2) is 3.11. The fourth-order valence-corrected chi connectivity index (χ4v) is 2.19. The first-order chi connectivity index (χ1) is 7.25. The van der Waals surface area contributed by atoms with Crippen molar-refractivity contribution in [3.8, 4) is 0 Å². The average Bonchev–Trinajstić information content (AvgIpc) is 2.57. The minimum absolute atomic E-state index is 0.949. The first-order valence-corrected chi connectivity index (χ1v) is 5.62. The molecule has 1 nitrogen and oxygen atoms in total. The van der Waals surface area contributed by atoms with E-state index < -0.39 is 0 Å². The molecule has 74 valence electrons. The molecule has 0 aliphatic heterocycles. The van der Waals surface area contributed by atoms with Crippen molar-refractivity contribution in [3.63, 3.8) is 0 Å². The summed E-state index contributed by atoms with van der Waals surface area (Å²) in [6.07, 6.45) is 0. The van der Waals surface area contributed by atoms with Crippen LogP contribution in [0.25, 0.3) is 21.9 Å². The molecule has 0 radical (unpaired) electrons. The molecule has 1 heterocycles. The topological polar surface area (TPSA) is 13.1 Å². The van der Waals surface area contributed by atoms with E-state index in [1.807, 2.05) is 18.2 Å². The molecular formula is C13H9BrO. The van der Waals surface area contributed by atoms with Gasteiger partial charge in [-0.05, 0) is 30.7 Å². The lowest BCUT2D eigenvalue weighted by Crippen LogP contribution is -1.74. The molecule has 2 aromatic carbocycles. The molecule has 0 spiro atoms. The van der Waals surface area contributed by atoms with Gasteiger partial charge in [0.2, 0.25) is 0 Å². The van der Waals surface area contributed by atoms with Gasteiger partial charge in [-0.3, -0.25) is 0 Å². The first kappa shape index (κ1) is 8.98. The fourth-order valence-electron chi connectivity index (χ4n) is 1.85. The lowest BCUT2D eigenvalue weighted by molar-refractivity contribution is 0.668. The van der Waals surface area contributed by atoms with Crippen LogP contribution in [0, 0.1) is 6.92 Å². The van der Waals surface area contributed by atoms with Gasteiger partial charge < -0.3 is 4.42 Å². The predicted octanol–water partition coefficient (Wildman–Crippen LogP) is 4.66. The molecule has 3 aromatic rings. The smallest absolute Gasteiger partial charge is 0.135 e. The normalized spacial score (nSPS) is 11.3. The van der Waals surface area contributed by atoms with Crippen molar-refractivity contribution in [1.82, 2.24) is 0 Å². The van der Waals surface area contributed by atoms with Crippen LogP contribution in [-0.4, -0.2) is 0 Å². The highest BCUT2D eigenvalue weighted by Crippen LogP contribution is 2.32. The summed E-state index contributed by atoms with van der Waals surface area (Å²) in [4.78, 5) is 0. The maximum Gasteiger partial charge on any atom is 0.135 e. The zero-order valence-electron chi connectivity index (χ0n) is 8.25. The second-order valence-electron chi connectivity index (χ2n) is 3.70. The minimum Gasteiger partial charge on any atom is -0.456 e. The van der Waals surface area contributed by atoms with E-state index in [9.17, 15) is 0 Å². The van der Waals surface area contributed by atoms with E-state index in [1.165, 1.54) is 16.3 Å². The van der Waals surface area contributed by atoms with Crippen LogP contribution in [0.3, 0.4) is 0 Å². The van der Waals surface area contributed by atoms with E-state index in [0.29, 0.717) is 0 Å². The summed E-state index contributed by atoms with van der Waals surface area (Å²) >= 11 is 3.55. The number of aryl methyl sites for hydroxylation is 1. The first-order valence-electron chi connectivity index (χ1n) is 4.83. The van der Waals surface area contributed by atoms with Crippen LogP contribution >= 0.6 is 15.9 Å². The molecule has 3 rings (SSSR count). The number of furan rings is 1.